The zero-order valence-corrected chi connectivity index (χ0v) is 13.5. The molecule has 0 spiro atoms. The lowest BCUT2D eigenvalue weighted by Crippen LogP contribution is -2.15. The predicted octanol–water partition coefficient (Wildman–Crippen LogP) is 3.13. The summed E-state index contributed by atoms with van der Waals surface area (Å²) in [5, 5.41) is 0.504. The summed E-state index contributed by atoms with van der Waals surface area (Å²) in [6.07, 6.45) is 7.80. The van der Waals surface area contributed by atoms with Crippen LogP contribution in [0, 0.1) is 17.8 Å². The number of allylic oxidation sites excluding steroid dienone is 2. The summed E-state index contributed by atoms with van der Waals surface area (Å²) in [4.78, 5) is 20.5. The van der Waals surface area contributed by atoms with Crippen LogP contribution in [-0.2, 0) is 14.3 Å². The van der Waals surface area contributed by atoms with Crippen LogP contribution in [-0.4, -0.2) is 24.3 Å². The van der Waals surface area contributed by atoms with E-state index in [1.165, 1.54) is 12.8 Å². The van der Waals surface area contributed by atoms with Crippen LogP contribution in [0.15, 0.2) is 42.5 Å². The van der Waals surface area contributed by atoms with E-state index < -0.39 is 7.37 Å². The van der Waals surface area contributed by atoms with E-state index in [4.69, 9.17) is 9.78 Å². The summed E-state index contributed by atoms with van der Waals surface area (Å²) in [6, 6.07) is 8.79. The molecule has 22 heavy (non-hydrogen) atoms. The molecule has 0 amide bonds. The summed E-state index contributed by atoms with van der Waals surface area (Å²) in [5.74, 6) is 1.97. The molecular formula is C17H23O4P. The molecule has 0 aromatic heterocycles. The van der Waals surface area contributed by atoms with Crippen LogP contribution in [0.4, 0.5) is 0 Å². The van der Waals surface area contributed by atoms with Crippen LogP contribution >= 0.6 is 7.37 Å². The van der Waals surface area contributed by atoms with E-state index in [0.29, 0.717) is 36.8 Å². The highest BCUT2D eigenvalue weighted by Crippen LogP contribution is 2.43. The maximum Gasteiger partial charge on any atom is 0.229 e. The second-order valence-electron chi connectivity index (χ2n) is 6.26. The Balaban J connectivity index is 1.31. The fraction of sp³-hybridized carbons (Fsp3) is 0.529. The zero-order valence-electron chi connectivity index (χ0n) is 12.6. The molecule has 1 fully saturated rings. The number of hydrogen-bond acceptors (Lipinski definition) is 3. The van der Waals surface area contributed by atoms with Crippen LogP contribution in [0.25, 0.3) is 0 Å². The molecule has 0 saturated heterocycles. The highest BCUT2D eigenvalue weighted by Gasteiger charge is 2.35. The lowest BCUT2D eigenvalue weighted by atomic mass is 9.95. The minimum absolute atomic E-state index is 0.219. The first-order valence-electron chi connectivity index (χ1n) is 7.95. The van der Waals surface area contributed by atoms with Gasteiger partial charge in [0.05, 0.1) is 13.2 Å². The minimum atomic E-state index is -3.27. The van der Waals surface area contributed by atoms with E-state index in [9.17, 15) is 9.46 Å². The maximum atomic E-state index is 12.2. The van der Waals surface area contributed by atoms with Crippen molar-refractivity contribution in [2.75, 3.05) is 19.4 Å². The van der Waals surface area contributed by atoms with Gasteiger partial charge in [-0.2, -0.15) is 0 Å². The van der Waals surface area contributed by atoms with Crippen molar-refractivity contribution in [2.45, 2.75) is 19.3 Å². The summed E-state index contributed by atoms with van der Waals surface area (Å²) in [5.41, 5.74) is 0. The van der Waals surface area contributed by atoms with Crippen molar-refractivity contribution in [3.63, 3.8) is 0 Å². The molecule has 1 N–H and O–H groups in total. The lowest BCUT2D eigenvalue weighted by Gasteiger charge is -2.17. The van der Waals surface area contributed by atoms with Gasteiger partial charge in [0.25, 0.3) is 0 Å². The van der Waals surface area contributed by atoms with Gasteiger partial charge in [0.2, 0.25) is 7.37 Å². The van der Waals surface area contributed by atoms with Gasteiger partial charge >= 0.3 is 0 Å². The van der Waals surface area contributed by atoms with Crippen LogP contribution in [0.2, 0.25) is 0 Å². The van der Waals surface area contributed by atoms with Gasteiger partial charge in [-0.3, -0.25) is 4.57 Å². The fourth-order valence-corrected chi connectivity index (χ4v) is 4.86. The zero-order chi connectivity index (χ0) is 15.4. The Morgan fingerprint density at radius 1 is 1.14 bits per heavy atom. The average molecular weight is 322 g/mol. The summed E-state index contributed by atoms with van der Waals surface area (Å²) >= 11 is 0. The van der Waals surface area contributed by atoms with Gasteiger partial charge in [-0.15, -0.1) is 0 Å². The normalized spacial score (nSPS) is 28.9. The molecule has 0 heterocycles. The van der Waals surface area contributed by atoms with E-state index in [2.05, 4.69) is 12.2 Å². The van der Waals surface area contributed by atoms with E-state index in [-0.39, 0.29) is 6.16 Å². The molecule has 1 aromatic carbocycles. The molecular weight excluding hydrogens is 299 g/mol. The third kappa shape index (κ3) is 3.88. The molecule has 2 aliphatic rings. The summed E-state index contributed by atoms with van der Waals surface area (Å²) in [6.45, 7) is 0.981. The van der Waals surface area contributed by atoms with Crippen molar-refractivity contribution >= 4 is 12.7 Å². The number of hydrogen-bond donors (Lipinski definition) is 1. The molecule has 5 heteroatoms. The molecule has 1 saturated carbocycles. The Morgan fingerprint density at radius 3 is 2.64 bits per heavy atom. The lowest BCUT2D eigenvalue weighted by molar-refractivity contribution is -0.301. The van der Waals surface area contributed by atoms with Gasteiger partial charge in [0, 0.05) is 11.5 Å². The third-order valence-electron chi connectivity index (χ3n) is 4.63. The van der Waals surface area contributed by atoms with Crippen LogP contribution < -0.4 is 5.30 Å². The second-order valence-corrected chi connectivity index (χ2v) is 8.63. The molecule has 1 aromatic rings. The monoisotopic (exact) mass is 322 g/mol. The van der Waals surface area contributed by atoms with Crippen molar-refractivity contribution in [3.8, 4) is 0 Å². The van der Waals surface area contributed by atoms with Gasteiger partial charge in [0.1, 0.15) is 0 Å². The molecule has 4 unspecified atom stereocenters. The van der Waals surface area contributed by atoms with Crippen molar-refractivity contribution in [3.05, 3.63) is 42.5 Å². The van der Waals surface area contributed by atoms with Crippen molar-refractivity contribution < 1.29 is 19.2 Å². The average Bonchev–Trinajstić information content (AvgIpc) is 3.14. The van der Waals surface area contributed by atoms with Gasteiger partial charge in [0.15, 0.2) is 0 Å². The molecule has 120 valence electrons. The first kappa shape index (κ1) is 15.9. The van der Waals surface area contributed by atoms with Crippen LogP contribution in [0.3, 0.4) is 0 Å². The Bertz CT molecular complexity index is 557. The molecule has 0 radical (unpaired) electrons. The minimum Gasteiger partial charge on any atom is -0.341 e. The Labute approximate surface area is 131 Å². The Kier molecular flexibility index (Phi) is 5.14. The van der Waals surface area contributed by atoms with Gasteiger partial charge in [-0.25, -0.2) is 9.78 Å². The van der Waals surface area contributed by atoms with Crippen LogP contribution in [0.1, 0.15) is 19.3 Å². The van der Waals surface area contributed by atoms with Gasteiger partial charge < -0.3 is 4.89 Å². The van der Waals surface area contributed by atoms with E-state index in [1.54, 1.807) is 24.3 Å². The Morgan fingerprint density at radius 2 is 1.95 bits per heavy atom. The molecule has 2 aliphatic carbocycles. The third-order valence-corrected chi connectivity index (χ3v) is 6.66. The highest BCUT2D eigenvalue weighted by atomic mass is 31.2. The molecule has 0 aliphatic heterocycles. The summed E-state index contributed by atoms with van der Waals surface area (Å²) < 4.78 is 12.2. The van der Waals surface area contributed by atoms with Gasteiger partial charge in [-0.05, 0) is 49.1 Å². The first-order valence-corrected chi connectivity index (χ1v) is 9.80. The van der Waals surface area contributed by atoms with E-state index >= 15 is 0 Å². The quantitative estimate of drug-likeness (QED) is 0.263. The van der Waals surface area contributed by atoms with Crippen molar-refractivity contribution in [1.29, 1.82) is 0 Å². The molecule has 4 atom stereocenters. The number of fused-ring (bicyclic) bond motifs is 2. The standard InChI is InChI=1S/C17H23O4P/c18-22(19,17-5-2-1-3-6-17)10-4-9-20-21-13-16-12-14-7-8-15(16)11-14/h1-3,5-8,14-16H,4,9-13H2,(H,18,19). The summed E-state index contributed by atoms with van der Waals surface area (Å²) in [7, 11) is -3.27. The SMILES string of the molecule is O=P(O)(CCCOOCC1CC2C=CC1C2)c1ccccc1. The maximum absolute atomic E-state index is 12.2. The smallest absolute Gasteiger partial charge is 0.229 e. The Hall–Kier alpha value is -0.930. The largest absolute Gasteiger partial charge is 0.341 e. The van der Waals surface area contributed by atoms with Crippen LogP contribution in [0.5, 0.6) is 0 Å². The molecule has 4 nitrogen and oxygen atoms in total. The topological polar surface area (TPSA) is 55.8 Å². The van der Waals surface area contributed by atoms with E-state index in [0.717, 1.165) is 5.92 Å². The number of rotatable bonds is 8. The fourth-order valence-electron chi connectivity index (χ4n) is 3.41. The van der Waals surface area contributed by atoms with E-state index in [1.807, 2.05) is 6.07 Å². The van der Waals surface area contributed by atoms with Gasteiger partial charge in [-0.1, -0.05) is 30.4 Å². The van der Waals surface area contributed by atoms with Crippen molar-refractivity contribution in [2.24, 2.45) is 17.8 Å². The molecule has 3 rings (SSSR count). The number of benzene rings is 1. The molecule has 2 bridgehead atoms. The van der Waals surface area contributed by atoms with Crippen molar-refractivity contribution in [1.82, 2.24) is 0 Å². The first-order chi connectivity index (χ1) is 10.6. The second kappa shape index (κ2) is 7.10. The highest BCUT2D eigenvalue weighted by molar-refractivity contribution is 7.66. The predicted molar refractivity (Wildman–Crippen MR) is 86.1 cm³/mol.